The van der Waals surface area contributed by atoms with Crippen LogP contribution in [0, 0.1) is 0 Å². The van der Waals surface area contributed by atoms with E-state index in [0.29, 0.717) is 0 Å². The van der Waals surface area contributed by atoms with Crippen molar-refractivity contribution in [3.8, 4) is 28.6 Å². The van der Waals surface area contributed by atoms with E-state index in [9.17, 15) is 10.2 Å². The van der Waals surface area contributed by atoms with Crippen LogP contribution in [0.2, 0.25) is 0 Å². The molecule has 0 saturated carbocycles. The number of ether oxygens (including phenoxy) is 1. The zero-order valence-electron chi connectivity index (χ0n) is 17.8. The Kier molecular flexibility index (Phi) is 4.94. The Morgan fingerprint density at radius 1 is 1.06 bits per heavy atom. The van der Waals surface area contributed by atoms with E-state index >= 15 is 0 Å². The Morgan fingerprint density at radius 3 is 2.65 bits per heavy atom. The lowest BCUT2D eigenvalue weighted by Crippen LogP contribution is -2.30. The van der Waals surface area contributed by atoms with Crippen LogP contribution in [0.5, 0.6) is 17.5 Å². The molecular formula is C25H27N3O3. The predicted molar refractivity (Wildman–Crippen MR) is 120 cm³/mol. The summed E-state index contributed by atoms with van der Waals surface area (Å²) in [6, 6.07) is 12.0. The van der Waals surface area contributed by atoms with Crippen molar-refractivity contribution in [1.82, 2.24) is 14.5 Å². The summed E-state index contributed by atoms with van der Waals surface area (Å²) in [4.78, 5) is 7.00. The summed E-state index contributed by atoms with van der Waals surface area (Å²) in [6.07, 6.45) is 9.21. The number of piperidine rings is 1. The van der Waals surface area contributed by atoms with E-state index in [1.165, 1.54) is 4.57 Å². The van der Waals surface area contributed by atoms with Gasteiger partial charge in [-0.1, -0.05) is 36.8 Å². The van der Waals surface area contributed by atoms with Gasteiger partial charge >= 0.3 is 0 Å². The number of benzene rings is 1. The fraction of sp³-hybridized carbons (Fsp3) is 0.320. The minimum Gasteiger partial charge on any atom is -0.496 e. The van der Waals surface area contributed by atoms with Gasteiger partial charge in [-0.25, -0.2) is 0 Å². The fourth-order valence-corrected chi connectivity index (χ4v) is 5.03. The van der Waals surface area contributed by atoms with Gasteiger partial charge in [0.2, 0.25) is 0 Å². The van der Waals surface area contributed by atoms with Gasteiger partial charge in [0.15, 0.2) is 11.8 Å². The Morgan fingerprint density at radius 2 is 1.87 bits per heavy atom. The number of nitrogens with zero attached hydrogens (tertiary/aromatic N) is 3. The summed E-state index contributed by atoms with van der Waals surface area (Å²) in [5, 5.41) is 21.3. The van der Waals surface area contributed by atoms with Crippen molar-refractivity contribution < 1.29 is 14.9 Å². The number of rotatable bonds is 4. The first-order valence-corrected chi connectivity index (χ1v) is 10.7. The van der Waals surface area contributed by atoms with Gasteiger partial charge in [0.1, 0.15) is 5.75 Å². The van der Waals surface area contributed by atoms with Crippen molar-refractivity contribution in [2.45, 2.75) is 31.3 Å². The molecule has 0 bridgehead atoms. The number of aromatic nitrogens is 2. The molecule has 2 N–H and O–H groups in total. The highest BCUT2D eigenvalue weighted by molar-refractivity contribution is 5.70. The van der Waals surface area contributed by atoms with Crippen LogP contribution in [0.1, 0.15) is 48.2 Å². The largest absolute Gasteiger partial charge is 0.496 e. The van der Waals surface area contributed by atoms with Crippen molar-refractivity contribution in [1.29, 1.82) is 0 Å². The summed E-state index contributed by atoms with van der Waals surface area (Å²) in [6.45, 7) is 0.955. The molecule has 1 saturated heterocycles. The van der Waals surface area contributed by atoms with E-state index in [1.807, 2.05) is 48.7 Å². The van der Waals surface area contributed by atoms with Crippen LogP contribution >= 0.6 is 0 Å². The molecule has 2 aliphatic heterocycles. The van der Waals surface area contributed by atoms with Gasteiger partial charge in [-0.3, -0.25) is 14.5 Å². The normalized spacial score (nSPS) is 20.7. The molecule has 0 amide bonds. The van der Waals surface area contributed by atoms with Crippen LogP contribution in [0.3, 0.4) is 0 Å². The molecule has 1 aromatic carbocycles. The zero-order valence-corrected chi connectivity index (χ0v) is 17.8. The van der Waals surface area contributed by atoms with Crippen LogP contribution in [0.4, 0.5) is 0 Å². The van der Waals surface area contributed by atoms with E-state index in [0.717, 1.165) is 59.5 Å². The molecule has 0 aliphatic carbocycles. The van der Waals surface area contributed by atoms with E-state index < -0.39 is 0 Å². The highest BCUT2D eigenvalue weighted by Gasteiger charge is 2.44. The van der Waals surface area contributed by atoms with Crippen molar-refractivity contribution in [3.63, 3.8) is 0 Å². The summed E-state index contributed by atoms with van der Waals surface area (Å²) >= 11 is 0. The molecule has 4 heterocycles. The van der Waals surface area contributed by atoms with Gasteiger partial charge in [0.25, 0.3) is 0 Å². The van der Waals surface area contributed by atoms with Crippen molar-refractivity contribution in [3.05, 3.63) is 65.5 Å². The molecule has 3 aromatic rings. The quantitative estimate of drug-likeness (QED) is 0.638. The number of para-hydroxylation sites is 1. The highest BCUT2D eigenvalue weighted by Crippen LogP contribution is 2.54. The lowest BCUT2D eigenvalue weighted by molar-refractivity contribution is 0.138. The van der Waals surface area contributed by atoms with E-state index in [1.54, 1.807) is 14.2 Å². The highest BCUT2D eigenvalue weighted by atomic mass is 16.5. The lowest BCUT2D eigenvalue weighted by atomic mass is 9.99. The molecule has 2 unspecified atom stereocenters. The van der Waals surface area contributed by atoms with E-state index in [2.05, 4.69) is 16.0 Å². The van der Waals surface area contributed by atoms with Crippen molar-refractivity contribution in [2.24, 2.45) is 7.05 Å². The number of pyridine rings is 1. The Labute approximate surface area is 182 Å². The summed E-state index contributed by atoms with van der Waals surface area (Å²) in [7, 11) is 3.37. The van der Waals surface area contributed by atoms with Crippen LogP contribution in [-0.2, 0) is 7.05 Å². The number of methoxy groups -OCH3 is 1. The first kappa shape index (κ1) is 19.7. The Hall–Kier alpha value is -3.25. The third-order valence-corrected chi connectivity index (χ3v) is 6.59. The second kappa shape index (κ2) is 7.78. The minimum absolute atomic E-state index is 0.0666. The molecule has 5 rings (SSSR count). The fourth-order valence-electron chi connectivity index (χ4n) is 5.03. The smallest absolute Gasteiger partial charge is 0.199 e. The standard InChI is InChI=1S/C25H27N3O3/c1-27-24(29)22-19-8-5-6-14-28(19)20(23(22)25(27)30)13-12-17-11-10-16(15-26-17)18-7-3-4-9-21(18)31-2/h3-4,7,9-13,15,19-20,29-30H,5-6,8,14H2,1-2H3. The monoisotopic (exact) mass is 417 g/mol. The minimum atomic E-state index is -0.0666. The second-order valence-corrected chi connectivity index (χ2v) is 8.26. The van der Waals surface area contributed by atoms with Crippen molar-refractivity contribution in [2.75, 3.05) is 13.7 Å². The number of fused-ring (bicyclic) bond motifs is 3. The number of hydrogen-bond donors (Lipinski definition) is 2. The first-order chi connectivity index (χ1) is 15.1. The molecule has 1 fully saturated rings. The molecule has 6 nitrogen and oxygen atoms in total. The van der Waals surface area contributed by atoms with Gasteiger partial charge in [0.05, 0.1) is 18.8 Å². The van der Waals surface area contributed by atoms with Crippen molar-refractivity contribution >= 4 is 6.08 Å². The average Bonchev–Trinajstić information content (AvgIpc) is 3.26. The molecule has 0 spiro atoms. The van der Waals surface area contributed by atoms with Crippen LogP contribution in [0.25, 0.3) is 17.2 Å². The molecule has 160 valence electrons. The summed E-state index contributed by atoms with van der Waals surface area (Å²) in [5.41, 5.74) is 4.57. The van der Waals surface area contributed by atoms with Crippen LogP contribution < -0.4 is 4.74 Å². The van der Waals surface area contributed by atoms with Gasteiger partial charge < -0.3 is 14.9 Å². The maximum Gasteiger partial charge on any atom is 0.199 e. The topological polar surface area (TPSA) is 70.8 Å². The second-order valence-electron chi connectivity index (χ2n) is 8.26. The molecule has 0 radical (unpaired) electrons. The molecule has 2 atom stereocenters. The average molecular weight is 418 g/mol. The maximum absolute atomic E-state index is 10.7. The third-order valence-electron chi connectivity index (χ3n) is 6.59. The molecule has 2 aliphatic rings. The summed E-state index contributed by atoms with van der Waals surface area (Å²) < 4.78 is 6.94. The molecule has 31 heavy (non-hydrogen) atoms. The number of hydrogen-bond acceptors (Lipinski definition) is 5. The SMILES string of the molecule is COc1ccccc1-c1ccc(C=CC2c3c(c(O)n(C)c3O)C3CCCCN23)nc1. The van der Waals surface area contributed by atoms with Crippen LogP contribution in [0.15, 0.2) is 48.7 Å². The first-order valence-electron chi connectivity index (χ1n) is 10.7. The molecule has 2 aromatic heterocycles. The zero-order chi connectivity index (χ0) is 21.5. The molecular weight excluding hydrogens is 390 g/mol. The Bertz CT molecular complexity index is 1130. The van der Waals surface area contributed by atoms with Gasteiger partial charge in [0, 0.05) is 41.5 Å². The maximum atomic E-state index is 10.7. The third kappa shape index (κ3) is 3.18. The number of aromatic hydroxyl groups is 2. The molecule has 6 heteroatoms. The van der Waals surface area contributed by atoms with Crippen LogP contribution in [-0.4, -0.2) is 38.3 Å². The Balaban J connectivity index is 1.45. The van der Waals surface area contributed by atoms with E-state index in [4.69, 9.17) is 4.74 Å². The van der Waals surface area contributed by atoms with E-state index in [-0.39, 0.29) is 23.8 Å². The van der Waals surface area contributed by atoms with Gasteiger partial charge in [-0.15, -0.1) is 0 Å². The van der Waals surface area contributed by atoms with Gasteiger partial charge in [-0.05, 0) is 37.6 Å². The van der Waals surface area contributed by atoms with Gasteiger partial charge in [-0.2, -0.15) is 0 Å². The lowest BCUT2D eigenvalue weighted by Gasteiger charge is -2.33. The summed E-state index contributed by atoms with van der Waals surface area (Å²) in [5.74, 6) is 1.15. The predicted octanol–water partition coefficient (Wildman–Crippen LogP) is 4.80.